The van der Waals surface area contributed by atoms with Gasteiger partial charge in [0.05, 0.1) is 23.6 Å². The highest BCUT2D eigenvalue weighted by molar-refractivity contribution is 5.82. The summed E-state index contributed by atoms with van der Waals surface area (Å²) in [6, 6.07) is 4.47. The monoisotopic (exact) mass is 394 g/mol. The highest BCUT2D eigenvalue weighted by Crippen LogP contribution is 2.42. The van der Waals surface area contributed by atoms with E-state index in [1.165, 1.54) is 23.1 Å². The van der Waals surface area contributed by atoms with Gasteiger partial charge in [-0.25, -0.2) is 9.37 Å². The van der Waals surface area contributed by atoms with Crippen LogP contribution in [0.3, 0.4) is 0 Å². The summed E-state index contributed by atoms with van der Waals surface area (Å²) in [5.74, 6) is -0.619. The molecule has 2 N–H and O–H groups in total. The van der Waals surface area contributed by atoms with Crippen LogP contribution in [-0.2, 0) is 13.2 Å². The third-order valence-electron chi connectivity index (χ3n) is 3.93. The zero-order valence-corrected chi connectivity index (χ0v) is 15.4. The molecule has 0 radical (unpaired) electrons. The lowest BCUT2D eigenvalue weighted by atomic mass is 9.99. The summed E-state index contributed by atoms with van der Waals surface area (Å²) in [6.45, 7) is 3.45. The number of nitrogens with two attached hydrogens (primary N) is 1. The zero-order chi connectivity index (χ0) is 20.6. The summed E-state index contributed by atoms with van der Waals surface area (Å²) >= 11 is 0. The first-order valence-electron chi connectivity index (χ1n) is 8.39. The van der Waals surface area contributed by atoms with Gasteiger partial charge in [0.25, 0.3) is 0 Å². The molecule has 2 aromatic heterocycles. The third kappa shape index (κ3) is 3.92. The first kappa shape index (κ1) is 19.7. The van der Waals surface area contributed by atoms with Gasteiger partial charge in [-0.3, -0.25) is 4.68 Å². The smallest absolute Gasteiger partial charge is 0.418 e. The number of pyridine rings is 1. The summed E-state index contributed by atoms with van der Waals surface area (Å²) in [4.78, 5) is 4.00. The van der Waals surface area contributed by atoms with E-state index >= 15 is 0 Å². The van der Waals surface area contributed by atoms with Crippen LogP contribution in [0.4, 0.5) is 23.4 Å². The minimum atomic E-state index is -4.68. The van der Waals surface area contributed by atoms with Gasteiger partial charge in [0.1, 0.15) is 17.4 Å². The van der Waals surface area contributed by atoms with Gasteiger partial charge in [0, 0.05) is 36.0 Å². The molecule has 0 aliphatic carbocycles. The molecule has 1 aromatic carbocycles. The van der Waals surface area contributed by atoms with Crippen molar-refractivity contribution in [3.63, 3.8) is 0 Å². The van der Waals surface area contributed by atoms with Gasteiger partial charge in [0.15, 0.2) is 0 Å². The molecule has 0 atom stereocenters. The van der Waals surface area contributed by atoms with Crippen LogP contribution < -0.4 is 10.5 Å². The predicted molar refractivity (Wildman–Crippen MR) is 97.0 cm³/mol. The average Bonchev–Trinajstić information content (AvgIpc) is 3.00. The van der Waals surface area contributed by atoms with E-state index in [2.05, 4.69) is 10.1 Å². The lowest BCUT2D eigenvalue weighted by Gasteiger charge is -2.18. The topological polar surface area (TPSA) is 66.0 Å². The Kier molecular flexibility index (Phi) is 5.01. The molecule has 148 valence electrons. The Balaban J connectivity index is 2.24. The highest BCUT2D eigenvalue weighted by atomic mass is 19.4. The molecule has 2 heterocycles. The number of hydrogen-bond acceptors (Lipinski definition) is 4. The molecule has 3 aromatic rings. The molecule has 28 heavy (non-hydrogen) atoms. The van der Waals surface area contributed by atoms with Gasteiger partial charge < -0.3 is 10.5 Å². The van der Waals surface area contributed by atoms with Gasteiger partial charge >= 0.3 is 6.18 Å². The van der Waals surface area contributed by atoms with Crippen molar-refractivity contribution in [1.82, 2.24) is 14.8 Å². The quantitative estimate of drug-likeness (QED) is 0.653. The molecule has 0 unspecified atom stereocenters. The number of benzene rings is 1. The minimum Gasteiger partial charge on any atom is -0.490 e. The second-order valence-electron chi connectivity index (χ2n) is 6.52. The minimum absolute atomic E-state index is 0.00983. The summed E-state index contributed by atoms with van der Waals surface area (Å²) in [7, 11) is 1.59. The molecule has 0 aliphatic rings. The number of hydrogen-bond donors (Lipinski definition) is 1. The Morgan fingerprint density at radius 2 is 1.86 bits per heavy atom. The van der Waals surface area contributed by atoms with Crippen molar-refractivity contribution in [2.45, 2.75) is 26.1 Å². The summed E-state index contributed by atoms with van der Waals surface area (Å²) in [5, 5.41) is 3.89. The van der Waals surface area contributed by atoms with Crippen LogP contribution in [-0.4, -0.2) is 20.9 Å². The highest BCUT2D eigenvalue weighted by Gasteiger charge is 2.36. The molecular weight excluding hydrogens is 376 g/mol. The molecule has 0 spiro atoms. The van der Waals surface area contributed by atoms with Crippen molar-refractivity contribution in [2.24, 2.45) is 7.05 Å². The second-order valence-corrected chi connectivity index (χ2v) is 6.52. The molecule has 0 saturated heterocycles. The number of alkyl halides is 3. The zero-order valence-electron chi connectivity index (χ0n) is 15.4. The Labute approximate surface area is 158 Å². The average molecular weight is 394 g/mol. The molecule has 5 nitrogen and oxygen atoms in total. The van der Waals surface area contributed by atoms with Crippen LogP contribution in [0.1, 0.15) is 19.4 Å². The number of halogens is 4. The van der Waals surface area contributed by atoms with E-state index in [0.717, 1.165) is 18.2 Å². The Bertz CT molecular complexity index is 1010. The SMILES string of the molecule is CC(C)Oc1cc(F)ccc1-c1cc(C(F)(F)F)c(-c2cnn(C)c2)nc1N. The third-order valence-corrected chi connectivity index (χ3v) is 3.93. The molecular formula is C19H18F4N4O. The summed E-state index contributed by atoms with van der Waals surface area (Å²) in [5.41, 5.74) is 5.12. The van der Waals surface area contributed by atoms with Crippen molar-refractivity contribution in [3.05, 3.63) is 48.0 Å². The number of nitrogen functional groups attached to an aromatic ring is 1. The van der Waals surface area contributed by atoms with E-state index in [9.17, 15) is 17.6 Å². The van der Waals surface area contributed by atoms with Crippen LogP contribution >= 0.6 is 0 Å². The maximum atomic E-state index is 13.7. The standard InChI is InChI=1S/C19H18F4N4O/c1-10(2)28-16-6-12(20)4-5-13(16)14-7-15(19(21,22)23)17(26-18(14)24)11-8-25-27(3)9-11/h4-10H,1-3H3,(H2,24,26). The van der Waals surface area contributed by atoms with Crippen LogP contribution in [0.15, 0.2) is 36.7 Å². The van der Waals surface area contributed by atoms with Crippen molar-refractivity contribution in [3.8, 4) is 28.1 Å². The van der Waals surface area contributed by atoms with Crippen molar-refractivity contribution < 1.29 is 22.3 Å². The van der Waals surface area contributed by atoms with E-state index in [-0.39, 0.29) is 40.1 Å². The maximum absolute atomic E-state index is 13.7. The van der Waals surface area contributed by atoms with E-state index in [1.807, 2.05) is 0 Å². The normalized spacial score (nSPS) is 11.9. The lowest BCUT2D eigenvalue weighted by molar-refractivity contribution is -0.137. The van der Waals surface area contributed by atoms with Gasteiger partial charge in [-0.2, -0.15) is 18.3 Å². The molecule has 0 amide bonds. The summed E-state index contributed by atoms with van der Waals surface area (Å²) < 4.78 is 61.8. The number of ether oxygens (including phenoxy) is 1. The Morgan fingerprint density at radius 1 is 1.14 bits per heavy atom. The van der Waals surface area contributed by atoms with Crippen molar-refractivity contribution in [2.75, 3.05) is 5.73 Å². The number of rotatable bonds is 4. The molecule has 0 bridgehead atoms. The van der Waals surface area contributed by atoms with Crippen LogP contribution in [0.5, 0.6) is 5.75 Å². The van der Waals surface area contributed by atoms with E-state index < -0.39 is 17.6 Å². The lowest BCUT2D eigenvalue weighted by Crippen LogP contribution is -2.12. The number of nitrogens with zero attached hydrogens (tertiary/aromatic N) is 3. The molecule has 9 heteroatoms. The van der Waals surface area contributed by atoms with Crippen LogP contribution in [0.2, 0.25) is 0 Å². The molecule has 0 aliphatic heterocycles. The second kappa shape index (κ2) is 7.14. The van der Waals surface area contributed by atoms with Gasteiger partial charge in [-0.05, 0) is 32.0 Å². The molecule has 0 saturated carbocycles. The van der Waals surface area contributed by atoms with Gasteiger partial charge in [0.2, 0.25) is 0 Å². The predicted octanol–water partition coefficient (Wildman–Crippen LogP) is 4.68. The number of aromatic nitrogens is 3. The van der Waals surface area contributed by atoms with Gasteiger partial charge in [-0.1, -0.05) is 0 Å². The fourth-order valence-corrected chi connectivity index (χ4v) is 2.79. The van der Waals surface area contributed by atoms with E-state index in [0.29, 0.717) is 0 Å². The van der Waals surface area contributed by atoms with Crippen LogP contribution in [0.25, 0.3) is 22.4 Å². The number of anilines is 1. The maximum Gasteiger partial charge on any atom is 0.418 e. The van der Waals surface area contributed by atoms with E-state index in [4.69, 9.17) is 10.5 Å². The van der Waals surface area contributed by atoms with E-state index in [1.54, 1.807) is 20.9 Å². The Morgan fingerprint density at radius 3 is 2.43 bits per heavy atom. The Hall–Kier alpha value is -3.10. The largest absolute Gasteiger partial charge is 0.490 e. The molecule has 3 rings (SSSR count). The number of aryl methyl sites for hydroxylation is 1. The summed E-state index contributed by atoms with van der Waals surface area (Å²) in [6.07, 6.45) is -2.30. The van der Waals surface area contributed by atoms with Crippen molar-refractivity contribution >= 4 is 5.82 Å². The van der Waals surface area contributed by atoms with Gasteiger partial charge in [-0.15, -0.1) is 0 Å². The first-order valence-corrected chi connectivity index (χ1v) is 8.39. The first-order chi connectivity index (χ1) is 13.1. The molecule has 0 fully saturated rings. The fourth-order valence-electron chi connectivity index (χ4n) is 2.79. The van der Waals surface area contributed by atoms with Crippen molar-refractivity contribution in [1.29, 1.82) is 0 Å². The van der Waals surface area contributed by atoms with Crippen LogP contribution in [0, 0.1) is 5.82 Å². The fraction of sp³-hybridized carbons (Fsp3) is 0.263.